The SMILES string of the molecule is C[C@H]1CCCC[C@H](NC(=O)/C=C/c2cc(Cl)ccc2N=CNN)c2nc(C#N)c([nH]2)-c2ccc(O)cc2N1. The molecule has 0 radical (unpaired) electrons. The molecule has 3 aromatic rings. The molecule has 7 N–H and O–H groups in total. The first-order valence-electron chi connectivity index (χ1n) is 12.2. The summed E-state index contributed by atoms with van der Waals surface area (Å²) < 4.78 is 0. The predicted molar refractivity (Wildman–Crippen MR) is 149 cm³/mol. The summed E-state index contributed by atoms with van der Waals surface area (Å²) in [6.07, 6.45) is 7.67. The first kappa shape index (κ1) is 26.7. The van der Waals surface area contributed by atoms with E-state index in [1.54, 1.807) is 42.5 Å². The van der Waals surface area contributed by atoms with Gasteiger partial charge in [-0.25, -0.2) is 15.8 Å². The molecule has 1 aromatic heterocycles. The number of aromatic hydroxyl groups is 1. The number of carbonyl (C=O) groups excluding carboxylic acids is 1. The number of carbonyl (C=O) groups is 1. The van der Waals surface area contributed by atoms with E-state index in [1.807, 2.05) is 0 Å². The number of imidazole rings is 1. The molecular formula is C27H29ClN8O2. The van der Waals surface area contributed by atoms with Crippen molar-refractivity contribution in [3.63, 3.8) is 0 Å². The third-order valence-corrected chi connectivity index (χ3v) is 6.45. The molecule has 0 saturated heterocycles. The summed E-state index contributed by atoms with van der Waals surface area (Å²) in [7, 11) is 0. The fourth-order valence-electron chi connectivity index (χ4n) is 4.38. The number of amides is 1. The molecule has 2 bridgehead atoms. The van der Waals surface area contributed by atoms with Crippen molar-refractivity contribution in [1.82, 2.24) is 20.7 Å². The lowest BCUT2D eigenvalue weighted by molar-refractivity contribution is -0.117. The summed E-state index contributed by atoms with van der Waals surface area (Å²) in [5.74, 6) is 5.56. The maximum atomic E-state index is 13.0. The zero-order chi connectivity index (χ0) is 27.1. The Morgan fingerprint density at radius 3 is 2.89 bits per heavy atom. The molecule has 0 saturated carbocycles. The zero-order valence-corrected chi connectivity index (χ0v) is 21.6. The van der Waals surface area contributed by atoms with Crippen molar-refractivity contribution in [2.45, 2.75) is 44.7 Å². The molecule has 2 aromatic carbocycles. The highest BCUT2D eigenvalue weighted by molar-refractivity contribution is 6.30. The second-order valence-corrected chi connectivity index (χ2v) is 9.48. The van der Waals surface area contributed by atoms with Gasteiger partial charge >= 0.3 is 0 Å². The van der Waals surface area contributed by atoms with E-state index in [4.69, 9.17) is 17.4 Å². The van der Waals surface area contributed by atoms with Gasteiger partial charge in [-0.3, -0.25) is 4.79 Å². The fraction of sp³-hybridized carbons (Fsp3) is 0.259. The lowest BCUT2D eigenvalue weighted by atomic mass is 10.0. The van der Waals surface area contributed by atoms with Crippen LogP contribution in [0.3, 0.4) is 0 Å². The highest BCUT2D eigenvalue weighted by Crippen LogP contribution is 2.35. The molecule has 0 fully saturated rings. The van der Waals surface area contributed by atoms with Crippen LogP contribution in [-0.2, 0) is 4.79 Å². The van der Waals surface area contributed by atoms with Gasteiger partial charge in [-0.1, -0.05) is 24.4 Å². The Morgan fingerprint density at radius 1 is 1.29 bits per heavy atom. The van der Waals surface area contributed by atoms with Crippen LogP contribution in [0, 0.1) is 11.3 Å². The molecule has 11 heteroatoms. The number of nitrogens with two attached hydrogens (primary N) is 1. The molecule has 1 aliphatic heterocycles. The monoisotopic (exact) mass is 532 g/mol. The molecule has 2 atom stereocenters. The summed E-state index contributed by atoms with van der Waals surface area (Å²) in [5.41, 5.74) is 5.75. The third kappa shape index (κ3) is 6.51. The average Bonchev–Trinajstić information content (AvgIpc) is 3.32. The van der Waals surface area contributed by atoms with Gasteiger partial charge in [0.05, 0.1) is 17.4 Å². The van der Waals surface area contributed by atoms with Gasteiger partial charge in [0.1, 0.15) is 24.0 Å². The van der Waals surface area contributed by atoms with E-state index in [2.05, 4.69) is 44.0 Å². The van der Waals surface area contributed by atoms with Gasteiger partial charge in [0.15, 0.2) is 5.69 Å². The summed E-state index contributed by atoms with van der Waals surface area (Å²) in [6.45, 7) is 2.07. The van der Waals surface area contributed by atoms with Crippen molar-refractivity contribution >= 4 is 41.3 Å². The number of hydrogen-bond acceptors (Lipinski definition) is 7. The maximum Gasteiger partial charge on any atom is 0.244 e. The molecule has 2 heterocycles. The number of aliphatic imine (C=N–C) groups is 1. The first-order chi connectivity index (χ1) is 18.4. The Labute approximate surface area is 225 Å². The van der Waals surface area contributed by atoms with Crippen molar-refractivity contribution in [2.24, 2.45) is 10.8 Å². The molecule has 1 amide bonds. The number of halogens is 1. The van der Waals surface area contributed by atoms with Crippen molar-refractivity contribution < 1.29 is 9.90 Å². The van der Waals surface area contributed by atoms with Crippen LogP contribution in [-0.4, -0.2) is 33.4 Å². The third-order valence-electron chi connectivity index (χ3n) is 6.21. The molecule has 1 aliphatic rings. The van der Waals surface area contributed by atoms with Crippen molar-refractivity contribution in [2.75, 3.05) is 5.32 Å². The second kappa shape index (κ2) is 12.3. The van der Waals surface area contributed by atoms with Crippen LogP contribution in [0.4, 0.5) is 11.4 Å². The molecule has 38 heavy (non-hydrogen) atoms. The minimum atomic E-state index is -0.436. The first-order valence-corrected chi connectivity index (χ1v) is 12.6. The minimum absolute atomic E-state index is 0.124. The number of anilines is 1. The number of hydrogen-bond donors (Lipinski definition) is 6. The van der Waals surface area contributed by atoms with E-state index in [0.717, 1.165) is 24.8 Å². The number of nitriles is 1. The summed E-state index contributed by atoms with van der Waals surface area (Å²) in [6, 6.07) is 11.9. The number of rotatable bonds is 5. The summed E-state index contributed by atoms with van der Waals surface area (Å²) in [5, 5.41) is 26.8. The molecule has 10 nitrogen and oxygen atoms in total. The maximum absolute atomic E-state index is 13.0. The Balaban J connectivity index is 1.64. The highest BCUT2D eigenvalue weighted by Gasteiger charge is 2.23. The van der Waals surface area contributed by atoms with Crippen LogP contribution in [0.2, 0.25) is 5.02 Å². The number of benzene rings is 2. The fourth-order valence-corrected chi connectivity index (χ4v) is 4.57. The van der Waals surface area contributed by atoms with Crippen LogP contribution >= 0.6 is 11.6 Å². The number of H-pyrrole nitrogens is 1. The standard InChI is InChI=1S/C27H29ClN8O2/c1-16-4-2-3-5-22(34-25(38)11-6-17-12-18(28)7-10-21(17)31-15-32-30)27-35-24(14-29)26(36-27)20-9-8-19(37)13-23(20)33-16/h6-13,15-16,22,33,37H,2-5,30H2,1H3,(H,31,32)(H,34,38)(H,35,36)/b11-6+/t16-,22-/m0/s1. The van der Waals surface area contributed by atoms with Crippen molar-refractivity contribution in [3.8, 4) is 23.1 Å². The molecule has 0 spiro atoms. The smallest absolute Gasteiger partial charge is 0.244 e. The van der Waals surface area contributed by atoms with Gasteiger partial charge in [-0.2, -0.15) is 5.26 Å². The largest absolute Gasteiger partial charge is 0.508 e. The normalized spacial score (nSPS) is 17.6. The lowest BCUT2D eigenvalue weighted by Gasteiger charge is -2.20. The van der Waals surface area contributed by atoms with E-state index in [0.29, 0.717) is 39.9 Å². The van der Waals surface area contributed by atoms with Crippen LogP contribution in [0.1, 0.15) is 55.7 Å². The minimum Gasteiger partial charge on any atom is -0.508 e. The van der Waals surface area contributed by atoms with Crippen LogP contribution < -0.4 is 21.9 Å². The summed E-state index contributed by atoms with van der Waals surface area (Å²) >= 11 is 6.13. The number of fused-ring (bicyclic) bond motifs is 4. The molecule has 0 aliphatic carbocycles. The predicted octanol–water partition coefficient (Wildman–Crippen LogP) is 4.68. The quantitative estimate of drug-likeness (QED) is 0.0912. The zero-order valence-electron chi connectivity index (χ0n) is 20.8. The van der Waals surface area contributed by atoms with Gasteiger partial charge in [0, 0.05) is 40.0 Å². The molecule has 196 valence electrons. The molecule has 4 rings (SSSR count). The van der Waals surface area contributed by atoms with Crippen molar-refractivity contribution in [3.05, 3.63) is 64.6 Å². The second-order valence-electron chi connectivity index (χ2n) is 9.04. The van der Waals surface area contributed by atoms with E-state index in [1.165, 1.54) is 12.4 Å². The highest BCUT2D eigenvalue weighted by atomic mass is 35.5. The number of phenols is 1. The topological polar surface area (TPSA) is 164 Å². The summed E-state index contributed by atoms with van der Waals surface area (Å²) in [4.78, 5) is 25.0. The average molecular weight is 533 g/mol. The molecular weight excluding hydrogens is 504 g/mol. The van der Waals surface area contributed by atoms with Crippen LogP contribution in [0.15, 0.2) is 47.5 Å². The number of phenolic OH excluding ortho intramolecular Hbond substituents is 1. The van der Waals surface area contributed by atoms with Gasteiger partial charge in [0.2, 0.25) is 5.91 Å². The number of nitrogens with one attached hydrogen (secondary N) is 4. The van der Waals surface area contributed by atoms with Gasteiger partial charge in [-0.05, 0) is 56.2 Å². The van der Waals surface area contributed by atoms with E-state index in [9.17, 15) is 15.2 Å². The van der Waals surface area contributed by atoms with E-state index >= 15 is 0 Å². The Morgan fingerprint density at radius 2 is 2.11 bits per heavy atom. The number of nitrogens with zero attached hydrogens (tertiary/aromatic N) is 3. The molecule has 0 unspecified atom stereocenters. The van der Waals surface area contributed by atoms with Gasteiger partial charge < -0.3 is 26.1 Å². The Hall–Kier alpha value is -4.33. The van der Waals surface area contributed by atoms with Crippen LogP contribution in [0.5, 0.6) is 5.75 Å². The van der Waals surface area contributed by atoms with Gasteiger partial charge in [0.25, 0.3) is 0 Å². The Bertz CT molecular complexity index is 1410. The van der Waals surface area contributed by atoms with E-state index < -0.39 is 6.04 Å². The lowest BCUT2D eigenvalue weighted by Crippen LogP contribution is -2.28. The Kier molecular flexibility index (Phi) is 8.63. The van der Waals surface area contributed by atoms with Crippen LogP contribution in [0.25, 0.3) is 17.3 Å². The van der Waals surface area contributed by atoms with Crippen molar-refractivity contribution in [1.29, 1.82) is 5.26 Å². The number of aromatic nitrogens is 2. The number of hydrazine groups is 1. The van der Waals surface area contributed by atoms with Gasteiger partial charge in [-0.15, -0.1) is 0 Å². The number of aromatic amines is 1. The van der Waals surface area contributed by atoms with E-state index in [-0.39, 0.29) is 23.4 Å².